The van der Waals surface area contributed by atoms with E-state index in [2.05, 4.69) is 32.0 Å². The summed E-state index contributed by atoms with van der Waals surface area (Å²) >= 11 is 0. The Balaban J connectivity index is 2.16. The molecule has 0 radical (unpaired) electrons. The maximum Gasteiger partial charge on any atom is 0.303 e. The summed E-state index contributed by atoms with van der Waals surface area (Å²) in [6.45, 7) is 4.23. The van der Waals surface area contributed by atoms with Crippen LogP contribution in [-0.2, 0) is 10.2 Å². The third kappa shape index (κ3) is 1.89. The van der Waals surface area contributed by atoms with Gasteiger partial charge in [-0.2, -0.15) is 0 Å². The fourth-order valence-electron chi connectivity index (χ4n) is 2.32. The van der Waals surface area contributed by atoms with Crippen LogP contribution in [0.4, 0.5) is 0 Å². The number of carboxylic acid groups (broad SMARTS) is 1. The van der Waals surface area contributed by atoms with E-state index in [1.807, 2.05) is 6.07 Å². The summed E-state index contributed by atoms with van der Waals surface area (Å²) in [5.74, 6) is -0.367. The Kier molecular flexibility index (Phi) is 2.29. The minimum absolute atomic E-state index is 0.102. The van der Waals surface area contributed by atoms with E-state index in [9.17, 15) is 4.79 Å². The first-order chi connectivity index (χ1) is 7.02. The van der Waals surface area contributed by atoms with E-state index in [4.69, 9.17) is 5.11 Å². The van der Waals surface area contributed by atoms with Gasteiger partial charge in [-0.1, -0.05) is 36.8 Å². The van der Waals surface area contributed by atoms with Crippen molar-refractivity contribution in [1.29, 1.82) is 0 Å². The number of aryl methyl sites for hydroxylation is 1. The van der Waals surface area contributed by atoms with Gasteiger partial charge in [0.15, 0.2) is 0 Å². The molecule has 0 saturated heterocycles. The second-order valence-corrected chi connectivity index (χ2v) is 4.79. The molecule has 0 aromatic heterocycles. The Bertz CT molecular complexity index is 397. The molecule has 15 heavy (non-hydrogen) atoms. The minimum atomic E-state index is -0.684. The van der Waals surface area contributed by atoms with Crippen molar-refractivity contribution in [2.24, 2.45) is 5.92 Å². The lowest BCUT2D eigenvalue weighted by molar-refractivity contribution is -0.137. The van der Waals surface area contributed by atoms with Crippen LogP contribution in [0, 0.1) is 12.8 Å². The van der Waals surface area contributed by atoms with Crippen LogP contribution in [0.2, 0.25) is 0 Å². The molecule has 1 aromatic carbocycles. The molecule has 1 aromatic rings. The van der Waals surface area contributed by atoms with Gasteiger partial charge in [-0.25, -0.2) is 0 Å². The molecule has 1 N–H and O–H groups in total. The average molecular weight is 204 g/mol. The Labute approximate surface area is 89.9 Å². The van der Waals surface area contributed by atoms with Crippen LogP contribution in [0.3, 0.4) is 0 Å². The molecule has 1 fully saturated rings. The molecule has 0 spiro atoms. The molecule has 80 valence electrons. The molecular formula is C13H16O2. The Hall–Kier alpha value is -1.31. The number of hydrogen-bond acceptors (Lipinski definition) is 1. The van der Waals surface area contributed by atoms with Crippen LogP contribution in [0.15, 0.2) is 24.3 Å². The fraction of sp³-hybridized carbons (Fsp3) is 0.462. The molecule has 0 heterocycles. The third-order valence-electron chi connectivity index (χ3n) is 3.51. The zero-order valence-corrected chi connectivity index (χ0v) is 9.16. The summed E-state index contributed by atoms with van der Waals surface area (Å²) in [5.41, 5.74) is 2.63. The lowest BCUT2D eigenvalue weighted by atomic mass is 9.93. The van der Waals surface area contributed by atoms with Crippen molar-refractivity contribution in [1.82, 2.24) is 0 Å². The zero-order valence-electron chi connectivity index (χ0n) is 9.16. The van der Waals surface area contributed by atoms with E-state index in [-0.39, 0.29) is 5.41 Å². The normalized spacial score (nSPS) is 28.8. The number of benzene rings is 1. The molecule has 2 unspecified atom stereocenters. The molecule has 1 saturated carbocycles. The van der Waals surface area contributed by atoms with Crippen molar-refractivity contribution in [2.75, 3.05) is 0 Å². The lowest BCUT2D eigenvalue weighted by Gasteiger charge is -2.11. The molecule has 0 amide bonds. The van der Waals surface area contributed by atoms with Gasteiger partial charge in [-0.15, -0.1) is 0 Å². The highest BCUT2D eigenvalue weighted by Gasteiger charge is 2.51. The van der Waals surface area contributed by atoms with E-state index in [0.29, 0.717) is 12.3 Å². The topological polar surface area (TPSA) is 37.3 Å². The molecule has 1 aliphatic carbocycles. The largest absolute Gasteiger partial charge is 0.481 e. The molecule has 2 heteroatoms. The van der Waals surface area contributed by atoms with Crippen molar-refractivity contribution >= 4 is 5.97 Å². The van der Waals surface area contributed by atoms with Crippen molar-refractivity contribution in [3.63, 3.8) is 0 Å². The van der Waals surface area contributed by atoms with Gasteiger partial charge in [0.25, 0.3) is 0 Å². The predicted octanol–water partition coefficient (Wildman–Crippen LogP) is 2.75. The highest BCUT2D eigenvalue weighted by atomic mass is 16.4. The average Bonchev–Trinajstić information content (AvgIpc) is 2.77. The van der Waals surface area contributed by atoms with Gasteiger partial charge in [0.05, 0.1) is 0 Å². The highest BCUT2D eigenvalue weighted by molar-refractivity contribution is 5.68. The maximum absolute atomic E-state index is 10.6. The second-order valence-electron chi connectivity index (χ2n) is 4.79. The van der Waals surface area contributed by atoms with Crippen LogP contribution >= 0.6 is 0 Å². The minimum Gasteiger partial charge on any atom is -0.481 e. The molecular weight excluding hydrogens is 188 g/mol. The summed E-state index contributed by atoms with van der Waals surface area (Å²) < 4.78 is 0. The maximum atomic E-state index is 10.6. The van der Waals surface area contributed by atoms with Gasteiger partial charge in [0, 0.05) is 6.42 Å². The molecule has 0 aliphatic heterocycles. The summed E-state index contributed by atoms with van der Waals surface area (Å²) in [6.07, 6.45) is 1.30. The van der Waals surface area contributed by atoms with Crippen LogP contribution in [0.25, 0.3) is 0 Å². The fourth-order valence-corrected chi connectivity index (χ4v) is 2.32. The number of aliphatic carboxylic acids is 1. The van der Waals surface area contributed by atoms with Crippen molar-refractivity contribution in [3.05, 3.63) is 35.4 Å². The van der Waals surface area contributed by atoms with Gasteiger partial charge in [-0.3, -0.25) is 4.79 Å². The standard InChI is InChI=1S/C13H16O2/c1-9-4-3-5-10(6-9)13(2)8-11(13)7-12(14)15/h3-6,11H,7-8H2,1-2H3,(H,14,15). The Morgan fingerprint density at radius 3 is 2.93 bits per heavy atom. The molecule has 2 atom stereocenters. The third-order valence-corrected chi connectivity index (χ3v) is 3.51. The Morgan fingerprint density at radius 2 is 2.33 bits per heavy atom. The highest BCUT2D eigenvalue weighted by Crippen LogP contribution is 2.55. The van der Waals surface area contributed by atoms with E-state index in [0.717, 1.165) is 6.42 Å². The number of carboxylic acids is 1. The molecule has 2 nitrogen and oxygen atoms in total. The SMILES string of the molecule is Cc1cccc(C2(C)CC2CC(=O)O)c1. The first kappa shape index (κ1) is 10.2. The second kappa shape index (κ2) is 3.37. The number of rotatable bonds is 3. The number of hydrogen-bond donors (Lipinski definition) is 1. The van der Waals surface area contributed by atoms with E-state index < -0.39 is 5.97 Å². The van der Waals surface area contributed by atoms with Crippen LogP contribution < -0.4 is 0 Å². The monoisotopic (exact) mass is 204 g/mol. The van der Waals surface area contributed by atoms with Crippen molar-refractivity contribution in [3.8, 4) is 0 Å². The van der Waals surface area contributed by atoms with Crippen LogP contribution in [0.1, 0.15) is 30.9 Å². The first-order valence-electron chi connectivity index (χ1n) is 5.31. The van der Waals surface area contributed by atoms with E-state index >= 15 is 0 Å². The van der Waals surface area contributed by atoms with Crippen LogP contribution in [-0.4, -0.2) is 11.1 Å². The lowest BCUT2D eigenvalue weighted by Crippen LogP contribution is -2.07. The first-order valence-corrected chi connectivity index (χ1v) is 5.31. The van der Waals surface area contributed by atoms with Gasteiger partial charge in [0.1, 0.15) is 0 Å². The van der Waals surface area contributed by atoms with Crippen LogP contribution in [0.5, 0.6) is 0 Å². The van der Waals surface area contributed by atoms with Crippen molar-refractivity contribution < 1.29 is 9.90 Å². The summed E-state index contributed by atoms with van der Waals surface area (Å²) in [6, 6.07) is 8.39. The van der Waals surface area contributed by atoms with Gasteiger partial charge in [0.2, 0.25) is 0 Å². The van der Waals surface area contributed by atoms with E-state index in [1.165, 1.54) is 11.1 Å². The summed E-state index contributed by atoms with van der Waals surface area (Å²) in [4.78, 5) is 10.6. The van der Waals surface area contributed by atoms with Gasteiger partial charge < -0.3 is 5.11 Å². The van der Waals surface area contributed by atoms with E-state index in [1.54, 1.807) is 0 Å². The zero-order chi connectivity index (χ0) is 11.1. The Morgan fingerprint density at radius 1 is 1.60 bits per heavy atom. The van der Waals surface area contributed by atoms with Gasteiger partial charge >= 0.3 is 5.97 Å². The summed E-state index contributed by atoms with van der Waals surface area (Å²) in [5, 5.41) is 8.76. The van der Waals surface area contributed by atoms with Gasteiger partial charge in [-0.05, 0) is 30.2 Å². The molecule has 1 aliphatic rings. The van der Waals surface area contributed by atoms with Crippen molar-refractivity contribution in [2.45, 2.75) is 32.1 Å². The quantitative estimate of drug-likeness (QED) is 0.822. The molecule has 2 rings (SSSR count). The summed E-state index contributed by atoms with van der Waals surface area (Å²) in [7, 11) is 0. The predicted molar refractivity (Wildman–Crippen MR) is 58.9 cm³/mol. The molecule has 0 bridgehead atoms. The number of carbonyl (C=O) groups is 1. The smallest absolute Gasteiger partial charge is 0.303 e.